The van der Waals surface area contributed by atoms with Crippen molar-refractivity contribution in [2.75, 3.05) is 0 Å². The van der Waals surface area contributed by atoms with Gasteiger partial charge in [-0.15, -0.1) is 0 Å². The Labute approximate surface area is 104 Å². The normalized spacial score (nSPS) is 23.4. The molecule has 0 saturated heterocycles. The molecule has 1 aliphatic heterocycles. The van der Waals surface area contributed by atoms with Crippen LogP contribution in [0.5, 0.6) is 0 Å². The lowest BCUT2D eigenvalue weighted by Gasteiger charge is -2.40. The van der Waals surface area contributed by atoms with Crippen molar-refractivity contribution in [1.29, 1.82) is 0 Å². The topological polar surface area (TPSA) is 55.4 Å². The predicted octanol–water partition coefficient (Wildman–Crippen LogP) is 2.29. The Hall–Kier alpha value is -0.760. The molecule has 0 aromatic rings. The zero-order valence-corrected chi connectivity index (χ0v) is 11.4. The van der Waals surface area contributed by atoms with Crippen molar-refractivity contribution in [3.8, 4) is 0 Å². The van der Waals surface area contributed by atoms with Gasteiger partial charge in [0.25, 0.3) is 0 Å². The summed E-state index contributed by atoms with van der Waals surface area (Å²) in [7, 11) is -5.59. The molecule has 0 atom stereocenters. The SMILES string of the molecule is CC1(C)C=C(OS(=O)(=O)C(F)(F)F)CC(C)(C)N1. The lowest BCUT2D eigenvalue weighted by atomic mass is 9.87. The summed E-state index contributed by atoms with van der Waals surface area (Å²) in [6, 6.07) is 0. The molecule has 1 rings (SSSR count). The van der Waals surface area contributed by atoms with Gasteiger partial charge < -0.3 is 9.50 Å². The van der Waals surface area contributed by atoms with Crippen LogP contribution in [-0.4, -0.2) is 25.0 Å². The third-order valence-corrected chi connectivity index (χ3v) is 3.30. The van der Waals surface area contributed by atoms with Gasteiger partial charge in [-0.1, -0.05) is 0 Å². The van der Waals surface area contributed by atoms with Crippen LogP contribution in [0.2, 0.25) is 0 Å². The van der Waals surface area contributed by atoms with Crippen LogP contribution in [-0.2, 0) is 14.3 Å². The first-order chi connectivity index (χ1) is 7.74. The van der Waals surface area contributed by atoms with Crippen LogP contribution in [0.25, 0.3) is 0 Å². The molecule has 0 unspecified atom stereocenters. The van der Waals surface area contributed by atoms with E-state index in [1.807, 2.05) is 0 Å². The monoisotopic (exact) mass is 287 g/mol. The first kappa shape index (κ1) is 15.3. The van der Waals surface area contributed by atoms with E-state index in [0.29, 0.717) is 0 Å². The summed E-state index contributed by atoms with van der Waals surface area (Å²) in [6.07, 6.45) is 1.41. The maximum Gasteiger partial charge on any atom is 0.534 e. The molecular formula is C10H16F3NO3S. The van der Waals surface area contributed by atoms with Crippen molar-refractivity contribution >= 4 is 10.1 Å². The molecule has 106 valence electrons. The summed E-state index contributed by atoms with van der Waals surface area (Å²) in [5, 5.41) is 3.15. The van der Waals surface area contributed by atoms with E-state index < -0.39 is 26.7 Å². The molecule has 0 amide bonds. The van der Waals surface area contributed by atoms with Gasteiger partial charge in [0.2, 0.25) is 0 Å². The first-order valence-electron chi connectivity index (χ1n) is 5.26. The van der Waals surface area contributed by atoms with Gasteiger partial charge in [-0.2, -0.15) is 21.6 Å². The Morgan fingerprint density at radius 2 is 1.78 bits per heavy atom. The zero-order valence-electron chi connectivity index (χ0n) is 10.6. The van der Waals surface area contributed by atoms with Crippen molar-refractivity contribution in [2.24, 2.45) is 0 Å². The highest BCUT2D eigenvalue weighted by atomic mass is 32.2. The van der Waals surface area contributed by atoms with Crippen LogP contribution in [0.3, 0.4) is 0 Å². The van der Waals surface area contributed by atoms with E-state index in [2.05, 4.69) is 9.50 Å². The van der Waals surface area contributed by atoms with Gasteiger partial charge >= 0.3 is 15.6 Å². The lowest BCUT2D eigenvalue weighted by molar-refractivity contribution is -0.0527. The minimum atomic E-state index is -5.59. The highest BCUT2D eigenvalue weighted by Gasteiger charge is 2.49. The second-order valence-corrected chi connectivity index (χ2v) is 7.04. The lowest BCUT2D eigenvalue weighted by Crippen LogP contribution is -2.54. The Balaban J connectivity index is 3.02. The summed E-state index contributed by atoms with van der Waals surface area (Å²) in [5.41, 5.74) is -6.60. The molecule has 0 saturated carbocycles. The number of halogens is 3. The summed E-state index contributed by atoms with van der Waals surface area (Å²) in [6.45, 7) is 6.95. The maximum atomic E-state index is 12.2. The maximum absolute atomic E-state index is 12.2. The Morgan fingerprint density at radius 3 is 2.17 bits per heavy atom. The average Bonchev–Trinajstić information content (AvgIpc) is 1.92. The van der Waals surface area contributed by atoms with Crippen molar-refractivity contribution in [2.45, 2.75) is 50.7 Å². The Kier molecular flexibility index (Phi) is 3.51. The number of alkyl halides is 3. The smallest absolute Gasteiger partial charge is 0.381 e. The van der Waals surface area contributed by atoms with Crippen molar-refractivity contribution in [3.05, 3.63) is 11.8 Å². The summed E-state index contributed by atoms with van der Waals surface area (Å²) < 4.78 is 62.7. The van der Waals surface area contributed by atoms with Crippen LogP contribution in [0, 0.1) is 0 Å². The molecular weight excluding hydrogens is 271 g/mol. The van der Waals surface area contributed by atoms with Crippen LogP contribution in [0.15, 0.2) is 11.8 Å². The van der Waals surface area contributed by atoms with Gasteiger partial charge in [-0.25, -0.2) is 0 Å². The van der Waals surface area contributed by atoms with E-state index in [1.54, 1.807) is 27.7 Å². The van der Waals surface area contributed by atoms with Crippen LogP contribution < -0.4 is 5.32 Å². The number of rotatable bonds is 2. The number of hydrogen-bond acceptors (Lipinski definition) is 4. The zero-order chi connectivity index (χ0) is 14.4. The van der Waals surface area contributed by atoms with Gasteiger partial charge in [0, 0.05) is 17.5 Å². The third kappa shape index (κ3) is 3.61. The quantitative estimate of drug-likeness (QED) is 0.625. The summed E-state index contributed by atoms with van der Waals surface area (Å²) in [5.74, 6) is -0.193. The second-order valence-electron chi connectivity index (χ2n) is 5.50. The molecule has 0 aliphatic carbocycles. The van der Waals surface area contributed by atoms with Crippen LogP contribution in [0.4, 0.5) is 13.2 Å². The van der Waals surface area contributed by atoms with E-state index in [-0.39, 0.29) is 12.2 Å². The standard InChI is InChI=1S/C10H16F3NO3S/c1-8(2)5-7(6-9(3,4)14-8)17-18(15,16)10(11,12)13/h5,14H,6H2,1-4H3. The fourth-order valence-electron chi connectivity index (χ4n) is 2.08. The van der Waals surface area contributed by atoms with E-state index in [1.165, 1.54) is 6.08 Å². The molecule has 1 heterocycles. The van der Waals surface area contributed by atoms with Crippen molar-refractivity contribution in [1.82, 2.24) is 5.32 Å². The van der Waals surface area contributed by atoms with Crippen molar-refractivity contribution in [3.63, 3.8) is 0 Å². The molecule has 1 aliphatic rings. The Morgan fingerprint density at radius 1 is 1.28 bits per heavy atom. The molecule has 0 radical (unpaired) electrons. The molecule has 8 heteroatoms. The average molecular weight is 287 g/mol. The summed E-state index contributed by atoms with van der Waals surface area (Å²) >= 11 is 0. The molecule has 0 aromatic carbocycles. The number of hydrogen-bond donors (Lipinski definition) is 1. The van der Waals surface area contributed by atoms with Gasteiger partial charge in [0.05, 0.1) is 0 Å². The van der Waals surface area contributed by atoms with Gasteiger partial charge in [0.1, 0.15) is 5.76 Å². The van der Waals surface area contributed by atoms with Crippen LogP contribution >= 0.6 is 0 Å². The highest BCUT2D eigenvalue weighted by Crippen LogP contribution is 2.33. The van der Waals surface area contributed by atoms with Gasteiger partial charge in [-0.05, 0) is 33.8 Å². The molecule has 0 aromatic heterocycles. The minimum Gasteiger partial charge on any atom is -0.381 e. The minimum absolute atomic E-state index is 0.0612. The largest absolute Gasteiger partial charge is 0.534 e. The molecule has 4 nitrogen and oxygen atoms in total. The van der Waals surface area contributed by atoms with Gasteiger partial charge in [0.15, 0.2) is 0 Å². The van der Waals surface area contributed by atoms with Gasteiger partial charge in [-0.3, -0.25) is 0 Å². The molecule has 18 heavy (non-hydrogen) atoms. The van der Waals surface area contributed by atoms with E-state index in [0.717, 1.165) is 0 Å². The third-order valence-electron chi connectivity index (χ3n) is 2.30. The number of nitrogens with one attached hydrogen (secondary N) is 1. The molecule has 0 fully saturated rings. The van der Waals surface area contributed by atoms with Crippen LogP contribution in [0.1, 0.15) is 34.1 Å². The molecule has 0 spiro atoms. The fourth-order valence-corrected chi connectivity index (χ4v) is 2.57. The molecule has 1 N–H and O–H groups in total. The highest BCUT2D eigenvalue weighted by molar-refractivity contribution is 7.87. The van der Waals surface area contributed by atoms with E-state index >= 15 is 0 Å². The van der Waals surface area contributed by atoms with Crippen molar-refractivity contribution < 1.29 is 25.8 Å². The second kappa shape index (κ2) is 4.12. The Bertz CT molecular complexity index is 463. The predicted molar refractivity (Wildman–Crippen MR) is 60.1 cm³/mol. The first-order valence-corrected chi connectivity index (χ1v) is 6.67. The summed E-state index contributed by atoms with van der Waals surface area (Å²) in [4.78, 5) is 0. The fraction of sp³-hybridized carbons (Fsp3) is 0.800. The van der Waals surface area contributed by atoms with E-state index in [4.69, 9.17) is 0 Å². The molecule has 0 bridgehead atoms. The van der Waals surface area contributed by atoms with E-state index in [9.17, 15) is 21.6 Å².